The van der Waals surface area contributed by atoms with Crippen molar-refractivity contribution in [3.63, 3.8) is 0 Å². The molecule has 0 saturated heterocycles. The predicted octanol–water partition coefficient (Wildman–Crippen LogP) is 1.96. The van der Waals surface area contributed by atoms with Gasteiger partial charge in [-0.15, -0.1) is 5.10 Å². The van der Waals surface area contributed by atoms with E-state index in [2.05, 4.69) is 26.2 Å². The number of rotatable bonds is 5. The van der Waals surface area contributed by atoms with Crippen LogP contribution in [0.3, 0.4) is 0 Å². The maximum Gasteiger partial charge on any atom is 0.358 e. The first-order valence-corrected chi connectivity index (χ1v) is 6.07. The van der Waals surface area contributed by atoms with E-state index < -0.39 is 11.8 Å². The Balaban J connectivity index is 1.90. The summed E-state index contributed by atoms with van der Waals surface area (Å²) in [5, 5.41) is 15.7. The van der Waals surface area contributed by atoms with Gasteiger partial charge in [0.2, 0.25) is 0 Å². The molecule has 1 N–H and O–H groups in total. The second-order valence-corrected chi connectivity index (χ2v) is 4.51. The molecule has 0 saturated carbocycles. The van der Waals surface area contributed by atoms with E-state index in [-0.39, 0.29) is 24.6 Å². The van der Waals surface area contributed by atoms with E-state index in [4.69, 9.17) is 9.84 Å². The van der Waals surface area contributed by atoms with Gasteiger partial charge in [-0.2, -0.15) is 0 Å². The Morgan fingerprint density at radius 3 is 2.95 bits per heavy atom. The van der Waals surface area contributed by atoms with E-state index in [0.717, 1.165) is 0 Å². The Labute approximate surface area is 115 Å². The number of hydrogen-bond acceptors (Lipinski definition) is 4. The molecule has 0 atom stereocenters. The Kier molecular flexibility index (Phi) is 4.10. The average molecular weight is 330 g/mol. The topological polar surface area (TPSA) is 77.2 Å². The van der Waals surface area contributed by atoms with E-state index in [1.807, 2.05) is 0 Å². The van der Waals surface area contributed by atoms with Crippen LogP contribution >= 0.6 is 15.9 Å². The summed E-state index contributed by atoms with van der Waals surface area (Å²) in [6.07, 6.45) is 1.28. The summed E-state index contributed by atoms with van der Waals surface area (Å²) in [5.74, 6) is -1.49. The van der Waals surface area contributed by atoms with Crippen molar-refractivity contribution in [3.8, 4) is 5.75 Å². The molecule has 1 aromatic heterocycles. The molecule has 1 aromatic carbocycles. The number of carboxylic acids is 1. The molecule has 0 radical (unpaired) electrons. The molecule has 0 fully saturated rings. The number of hydrogen-bond donors (Lipinski definition) is 1. The summed E-state index contributed by atoms with van der Waals surface area (Å²) >= 11 is 3.14. The lowest BCUT2D eigenvalue weighted by Crippen LogP contribution is -2.09. The van der Waals surface area contributed by atoms with Gasteiger partial charge < -0.3 is 9.84 Å². The Morgan fingerprint density at radius 1 is 1.53 bits per heavy atom. The summed E-state index contributed by atoms with van der Waals surface area (Å²) in [7, 11) is 0. The van der Waals surface area contributed by atoms with Gasteiger partial charge in [-0.3, -0.25) is 0 Å². The minimum atomic E-state index is -1.15. The van der Waals surface area contributed by atoms with Crippen LogP contribution in [0.15, 0.2) is 28.9 Å². The molecular weight excluding hydrogens is 321 g/mol. The zero-order chi connectivity index (χ0) is 13.8. The van der Waals surface area contributed by atoms with Crippen LogP contribution in [0.1, 0.15) is 10.5 Å². The molecule has 6 nitrogen and oxygen atoms in total. The molecule has 0 spiro atoms. The van der Waals surface area contributed by atoms with Gasteiger partial charge in [0, 0.05) is 4.47 Å². The van der Waals surface area contributed by atoms with E-state index >= 15 is 0 Å². The maximum absolute atomic E-state index is 13.4. The molecule has 2 rings (SSSR count). The Morgan fingerprint density at radius 2 is 2.32 bits per heavy atom. The molecule has 0 bridgehead atoms. The highest BCUT2D eigenvalue weighted by Gasteiger charge is 2.08. The quantitative estimate of drug-likeness (QED) is 0.907. The van der Waals surface area contributed by atoms with Gasteiger partial charge in [-0.05, 0) is 18.2 Å². The van der Waals surface area contributed by atoms with Crippen molar-refractivity contribution in [2.45, 2.75) is 6.54 Å². The third-order valence-corrected chi connectivity index (χ3v) is 2.72. The highest BCUT2D eigenvalue weighted by atomic mass is 79.9. The zero-order valence-electron chi connectivity index (χ0n) is 9.58. The van der Waals surface area contributed by atoms with Gasteiger partial charge in [-0.1, -0.05) is 21.1 Å². The standard InChI is InChI=1S/C11H9BrFN3O3/c12-7-1-2-10(8(13)5-7)19-4-3-16-6-9(11(17)18)14-15-16/h1-2,5-6H,3-4H2,(H,17,18). The fourth-order valence-electron chi connectivity index (χ4n) is 1.35. The molecule has 1 heterocycles. The third kappa shape index (κ3) is 3.50. The van der Waals surface area contributed by atoms with Gasteiger partial charge in [0.15, 0.2) is 17.3 Å². The average Bonchev–Trinajstić information content (AvgIpc) is 2.81. The minimum Gasteiger partial charge on any atom is -0.489 e. The van der Waals surface area contributed by atoms with Crippen molar-refractivity contribution in [2.75, 3.05) is 6.61 Å². The molecule has 0 aliphatic carbocycles. The Bertz CT molecular complexity index is 603. The second kappa shape index (κ2) is 5.79. The van der Waals surface area contributed by atoms with Crippen LogP contribution in [0.4, 0.5) is 4.39 Å². The number of halogens is 2. The van der Waals surface area contributed by atoms with Crippen molar-refractivity contribution in [2.24, 2.45) is 0 Å². The zero-order valence-corrected chi connectivity index (χ0v) is 11.2. The van der Waals surface area contributed by atoms with Crippen molar-refractivity contribution in [3.05, 3.63) is 40.4 Å². The largest absolute Gasteiger partial charge is 0.489 e. The van der Waals surface area contributed by atoms with E-state index in [9.17, 15) is 9.18 Å². The number of nitrogens with zero attached hydrogens (tertiary/aromatic N) is 3. The molecular formula is C11H9BrFN3O3. The van der Waals surface area contributed by atoms with Crippen LogP contribution in [0, 0.1) is 5.82 Å². The van der Waals surface area contributed by atoms with E-state index in [1.54, 1.807) is 6.07 Å². The molecule has 0 amide bonds. The van der Waals surface area contributed by atoms with Crippen molar-refractivity contribution in [1.82, 2.24) is 15.0 Å². The third-order valence-electron chi connectivity index (χ3n) is 2.23. The van der Waals surface area contributed by atoms with Crippen molar-refractivity contribution >= 4 is 21.9 Å². The lowest BCUT2D eigenvalue weighted by Gasteiger charge is -2.06. The van der Waals surface area contributed by atoms with Crippen LogP contribution in [0.2, 0.25) is 0 Å². The normalized spacial score (nSPS) is 10.4. The molecule has 0 aliphatic rings. The van der Waals surface area contributed by atoms with Gasteiger partial charge >= 0.3 is 5.97 Å². The summed E-state index contributed by atoms with van der Waals surface area (Å²) < 4.78 is 20.6. The number of ether oxygens (including phenoxy) is 1. The SMILES string of the molecule is O=C(O)c1cn(CCOc2ccc(Br)cc2F)nn1. The van der Waals surface area contributed by atoms with E-state index in [0.29, 0.717) is 4.47 Å². The van der Waals surface area contributed by atoms with Crippen LogP contribution < -0.4 is 4.74 Å². The van der Waals surface area contributed by atoms with Crippen LogP contribution in [-0.4, -0.2) is 32.7 Å². The van der Waals surface area contributed by atoms with Crippen molar-refractivity contribution in [1.29, 1.82) is 0 Å². The van der Waals surface area contributed by atoms with Gasteiger partial charge in [0.25, 0.3) is 0 Å². The fourth-order valence-corrected chi connectivity index (χ4v) is 1.68. The summed E-state index contributed by atoms with van der Waals surface area (Å²) in [6, 6.07) is 4.47. The van der Waals surface area contributed by atoms with Gasteiger partial charge in [0.1, 0.15) is 6.61 Å². The van der Waals surface area contributed by atoms with Crippen LogP contribution in [-0.2, 0) is 6.54 Å². The monoisotopic (exact) mass is 329 g/mol. The summed E-state index contributed by atoms with van der Waals surface area (Å²) in [6.45, 7) is 0.427. The Hall–Kier alpha value is -1.96. The highest BCUT2D eigenvalue weighted by Crippen LogP contribution is 2.21. The number of aromatic nitrogens is 3. The van der Waals surface area contributed by atoms with Crippen LogP contribution in [0.5, 0.6) is 5.75 Å². The summed E-state index contributed by atoms with van der Waals surface area (Å²) in [5.41, 5.74) is -0.144. The second-order valence-electron chi connectivity index (χ2n) is 3.60. The molecule has 2 aromatic rings. The van der Waals surface area contributed by atoms with Crippen LogP contribution in [0.25, 0.3) is 0 Å². The first kappa shape index (κ1) is 13.5. The predicted molar refractivity (Wildman–Crippen MR) is 66.6 cm³/mol. The highest BCUT2D eigenvalue weighted by molar-refractivity contribution is 9.10. The number of aromatic carboxylic acids is 1. The molecule has 0 unspecified atom stereocenters. The fraction of sp³-hybridized carbons (Fsp3) is 0.182. The maximum atomic E-state index is 13.4. The molecule has 0 aliphatic heterocycles. The van der Waals surface area contributed by atoms with Crippen molar-refractivity contribution < 1.29 is 19.0 Å². The number of carboxylic acid groups (broad SMARTS) is 1. The van der Waals surface area contributed by atoms with Gasteiger partial charge in [-0.25, -0.2) is 13.9 Å². The molecule has 100 valence electrons. The lowest BCUT2D eigenvalue weighted by molar-refractivity contribution is 0.0690. The molecule has 19 heavy (non-hydrogen) atoms. The minimum absolute atomic E-state index is 0.127. The first-order valence-electron chi connectivity index (χ1n) is 5.27. The first-order chi connectivity index (χ1) is 9.06. The number of benzene rings is 1. The molecule has 8 heteroatoms. The number of carbonyl (C=O) groups is 1. The lowest BCUT2D eigenvalue weighted by atomic mass is 10.3. The smallest absolute Gasteiger partial charge is 0.358 e. The summed E-state index contributed by atoms with van der Waals surface area (Å²) in [4.78, 5) is 10.6. The van der Waals surface area contributed by atoms with E-state index in [1.165, 1.54) is 23.0 Å². The van der Waals surface area contributed by atoms with Gasteiger partial charge in [0.05, 0.1) is 12.7 Å².